The van der Waals surface area contributed by atoms with Gasteiger partial charge in [0.05, 0.1) is 4.92 Å². The zero-order valence-electron chi connectivity index (χ0n) is 10.9. The van der Waals surface area contributed by atoms with E-state index in [0.717, 1.165) is 0 Å². The number of anilines is 2. The molecule has 0 aliphatic rings. The van der Waals surface area contributed by atoms with E-state index in [1.807, 2.05) is 0 Å². The lowest BCUT2D eigenvalue weighted by molar-refractivity contribution is -0.384. The Kier molecular flexibility index (Phi) is 3.84. The van der Waals surface area contributed by atoms with Crippen LogP contribution in [0.1, 0.15) is 5.56 Å². The van der Waals surface area contributed by atoms with Gasteiger partial charge in [-0.15, -0.1) is 0 Å². The molecule has 0 fully saturated rings. The second-order valence-electron chi connectivity index (χ2n) is 4.48. The van der Waals surface area contributed by atoms with Gasteiger partial charge in [0.25, 0.3) is 5.69 Å². The number of hydrogen-bond donors (Lipinski definition) is 1. The highest BCUT2D eigenvalue weighted by Crippen LogP contribution is 2.23. The molecule has 0 saturated heterocycles. The normalized spacial score (nSPS) is 10.3. The summed E-state index contributed by atoms with van der Waals surface area (Å²) in [6.45, 7) is 0.358. The summed E-state index contributed by atoms with van der Waals surface area (Å²) in [6.07, 6.45) is 0. The molecule has 0 saturated carbocycles. The molecule has 0 aliphatic carbocycles. The third kappa shape index (κ3) is 3.03. The van der Waals surface area contributed by atoms with Gasteiger partial charge in [0.1, 0.15) is 5.82 Å². The van der Waals surface area contributed by atoms with Crippen LogP contribution in [0.15, 0.2) is 42.5 Å². The van der Waals surface area contributed by atoms with E-state index in [-0.39, 0.29) is 11.5 Å². The molecule has 6 heteroatoms. The number of nitrogens with zero attached hydrogens (tertiary/aromatic N) is 2. The minimum Gasteiger partial charge on any atom is -0.398 e. The Bertz CT molecular complexity index is 646. The molecule has 0 radical (unpaired) electrons. The summed E-state index contributed by atoms with van der Waals surface area (Å²) in [4.78, 5) is 12.1. The van der Waals surface area contributed by atoms with Crippen LogP contribution in [-0.4, -0.2) is 12.0 Å². The van der Waals surface area contributed by atoms with E-state index in [9.17, 15) is 14.5 Å². The monoisotopic (exact) mass is 275 g/mol. The van der Waals surface area contributed by atoms with Crippen LogP contribution in [0.4, 0.5) is 21.5 Å². The van der Waals surface area contributed by atoms with E-state index < -0.39 is 4.92 Å². The second-order valence-corrected chi connectivity index (χ2v) is 4.48. The van der Waals surface area contributed by atoms with Crippen LogP contribution in [0, 0.1) is 15.9 Å². The average molecular weight is 275 g/mol. The Morgan fingerprint density at radius 1 is 1.30 bits per heavy atom. The maximum atomic E-state index is 13.2. The first-order valence-corrected chi connectivity index (χ1v) is 5.97. The minimum absolute atomic E-state index is 0.0122. The average Bonchev–Trinajstić information content (AvgIpc) is 2.41. The minimum atomic E-state index is -0.467. The van der Waals surface area contributed by atoms with Crippen LogP contribution in [0.3, 0.4) is 0 Å². The molecule has 104 valence electrons. The summed E-state index contributed by atoms with van der Waals surface area (Å²) in [7, 11) is 1.77. The van der Waals surface area contributed by atoms with Crippen molar-refractivity contribution in [3.63, 3.8) is 0 Å². The number of non-ortho nitro benzene ring substituents is 1. The molecule has 0 aromatic heterocycles. The molecule has 2 rings (SSSR count). The van der Waals surface area contributed by atoms with Crippen molar-refractivity contribution in [2.24, 2.45) is 0 Å². The van der Waals surface area contributed by atoms with E-state index in [0.29, 0.717) is 23.5 Å². The number of halogens is 1. The lowest BCUT2D eigenvalue weighted by Crippen LogP contribution is -2.17. The summed E-state index contributed by atoms with van der Waals surface area (Å²) >= 11 is 0. The topological polar surface area (TPSA) is 72.4 Å². The van der Waals surface area contributed by atoms with Crippen LogP contribution in [-0.2, 0) is 6.54 Å². The van der Waals surface area contributed by atoms with Crippen molar-refractivity contribution in [3.8, 4) is 0 Å². The molecule has 0 heterocycles. The highest BCUT2D eigenvalue weighted by Gasteiger charge is 2.11. The fraction of sp³-hybridized carbons (Fsp3) is 0.143. The maximum absolute atomic E-state index is 13.2. The van der Waals surface area contributed by atoms with Gasteiger partial charge in [0.15, 0.2) is 0 Å². The van der Waals surface area contributed by atoms with Crippen LogP contribution >= 0.6 is 0 Å². The van der Waals surface area contributed by atoms with Gasteiger partial charge in [0.2, 0.25) is 0 Å². The van der Waals surface area contributed by atoms with Crippen molar-refractivity contribution in [2.75, 3.05) is 17.7 Å². The molecule has 0 amide bonds. The maximum Gasteiger partial charge on any atom is 0.269 e. The van der Waals surface area contributed by atoms with E-state index in [4.69, 9.17) is 5.73 Å². The van der Waals surface area contributed by atoms with Crippen LogP contribution < -0.4 is 10.6 Å². The third-order valence-electron chi connectivity index (χ3n) is 2.99. The predicted molar refractivity (Wildman–Crippen MR) is 76.0 cm³/mol. The Labute approximate surface area is 115 Å². The molecule has 0 atom stereocenters. The van der Waals surface area contributed by atoms with Crippen molar-refractivity contribution >= 4 is 17.1 Å². The first kappa shape index (κ1) is 13.8. The van der Waals surface area contributed by atoms with Gasteiger partial charge in [-0.05, 0) is 24.3 Å². The summed E-state index contributed by atoms with van der Waals surface area (Å²) in [6, 6.07) is 10.4. The van der Waals surface area contributed by atoms with E-state index in [2.05, 4.69) is 0 Å². The summed E-state index contributed by atoms with van der Waals surface area (Å²) in [5, 5.41) is 10.8. The number of rotatable bonds is 4. The molecule has 2 aromatic carbocycles. The molecule has 5 nitrogen and oxygen atoms in total. The largest absolute Gasteiger partial charge is 0.398 e. The van der Waals surface area contributed by atoms with Crippen LogP contribution in [0.5, 0.6) is 0 Å². The number of benzene rings is 2. The number of nitrogens with two attached hydrogens (primary N) is 1. The standard InChI is InChI=1S/C14H14FN3O2/c1-17(12-4-2-3-11(15)8-12)9-10-7-13(18(19)20)5-6-14(10)16/h2-8H,9,16H2,1H3. The lowest BCUT2D eigenvalue weighted by Gasteiger charge is -2.20. The number of hydrogen-bond acceptors (Lipinski definition) is 4. The van der Waals surface area contributed by atoms with Gasteiger partial charge in [-0.2, -0.15) is 0 Å². The van der Waals surface area contributed by atoms with Crippen molar-refractivity contribution in [3.05, 3.63) is 64.0 Å². The van der Waals surface area contributed by atoms with Gasteiger partial charge in [0, 0.05) is 42.7 Å². The van der Waals surface area contributed by atoms with E-state index in [1.54, 1.807) is 24.1 Å². The molecular formula is C14H14FN3O2. The zero-order chi connectivity index (χ0) is 14.7. The second kappa shape index (κ2) is 5.56. The van der Waals surface area contributed by atoms with E-state index in [1.165, 1.54) is 30.3 Å². The van der Waals surface area contributed by atoms with Crippen molar-refractivity contribution in [2.45, 2.75) is 6.54 Å². The molecule has 0 unspecified atom stereocenters. The van der Waals surface area contributed by atoms with Gasteiger partial charge < -0.3 is 10.6 Å². The Morgan fingerprint density at radius 3 is 2.70 bits per heavy atom. The Hall–Kier alpha value is -2.63. The van der Waals surface area contributed by atoms with Crippen molar-refractivity contribution in [1.29, 1.82) is 0 Å². The molecule has 0 bridgehead atoms. The van der Waals surface area contributed by atoms with Crippen molar-refractivity contribution in [1.82, 2.24) is 0 Å². The smallest absolute Gasteiger partial charge is 0.269 e. The first-order chi connectivity index (χ1) is 9.47. The quantitative estimate of drug-likeness (QED) is 0.529. The molecule has 2 N–H and O–H groups in total. The highest BCUT2D eigenvalue weighted by atomic mass is 19.1. The van der Waals surface area contributed by atoms with Crippen LogP contribution in [0.25, 0.3) is 0 Å². The molecule has 20 heavy (non-hydrogen) atoms. The Morgan fingerprint density at radius 2 is 2.05 bits per heavy atom. The first-order valence-electron chi connectivity index (χ1n) is 5.97. The molecule has 0 aliphatic heterocycles. The SMILES string of the molecule is CN(Cc1cc([N+](=O)[O-])ccc1N)c1cccc(F)c1. The zero-order valence-corrected chi connectivity index (χ0v) is 10.9. The highest BCUT2D eigenvalue weighted by molar-refractivity contribution is 5.55. The number of nitro groups is 1. The number of nitrogen functional groups attached to an aromatic ring is 1. The van der Waals surface area contributed by atoms with Crippen molar-refractivity contribution < 1.29 is 9.31 Å². The summed E-state index contributed by atoms with van der Waals surface area (Å²) < 4.78 is 13.2. The van der Waals surface area contributed by atoms with Crippen LogP contribution in [0.2, 0.25) is 0 Å². The molecular weight excluding hydrogens is 261 g/mol. The van der Waals surface area contributed by atoms with E-state index >= 15 is 0 Å². The fourth-order valence-electron chi connectivity index (χ4n) is 1.90. The molecule has 2 aromatic rings. The predicted octanol–water partition coefficient (Wildman–Crippen LogP) is 2.95. The third-order valence-corrected chi connectivity index (χ3v) is 2.99. The fourth-order valence-corrected chi connectivity index (χ4v) is 1.90. The molecule has 0 spiro atoms. The summed E-state index contributed by atoms with van der Waals surface area (Å²) in [5.74, 6) is -0.332. The number of nitro benzene ring substituents is 1. The van der Waals surface area contributed by atoms with Gasteiger partial charge in [-0.3, -0.25) is 10.1 Å². The van der Waals surface area contributed by atoms with Gasteiger partial charge >= 0.3 is 0 Å². The Balaban J connectivity index is 2.25. The lowest BCUT2D eigenvalue weighted by atomic mass is 10.1. The summed E-state index contributed by atoms with van der Waals surface area (Å²) in [5.41, 5.74) is 7.59. The van der Waals surface area contributed by atoms with Gasteiger partial charge in [-0.25, -0.2) is 4.39 Å². The van der Waals surface area contributed by atoms with Gasteiger partial charge in [-0.1, -0.05) is 6.07 Å².